The number of anilines is 1. The van der Waals surface area contributed by atoms with Crippen molar-refractivity contribution in [3.8, 4) is 12.1 Å². The quantitative estimate of drug-likeness (QED) is 0.658. The molecule has 0 aromatic heterocycles. The molecule has 1 N–H and O–H groups in total. The molecule has 6 heteroatoms. The number of hydrogen-bond acceptors (Lipinski definition) is 4. The fourth-order valence-corrected chi connectivity index (χ4v) is 1.48. The molecule has 0 atom stereocenters. The van der Waals surface area contributed by atoms with E-state index in [2.05, 4.69) is 5.32 Å². The Kier molecular flexibility index (Phi) is 4.99. The number of alkyl halides is 2. The molecule has 1 rings (SSSR count). The highest BCUT2D eigenvalue weighted by Gasteiger charge is 2.04. The van der Waals surface area contributed by atoms with Crippen LogP contribution in [-0.2, 0) is 0 Å². The molecule has 17 heavy (non-hydrogen) atoms. The third kappa shape index (κ3) is 4.54. The van der Waals surface area contributed by atoms with Crippen molar-refractivity contribution < 1.29 is 8.78 Å². The minimum absolute atomic E-state index is 0.0592. The Labute approximate surface area is 101 Å². The molecule has 0 amide bonds. The molecule has 1 aromatic rings. The lowest BCUT2D eigenvalue weighted by atomic mass is 10.3. The van der Waals surface area contributed by atoms with Crippen LogP contribution in [0.15, 0.2) is 40.9 Å². The summed E-state index contributed by atoms with van der Waals surface area (Å²) < 4.78 is 24.1. The SMILES string of the molecule is N#CC(C#N)=CNc1ccc(SC(F)F)cc1. The van der Waals surface area contributed by atoms with Gasteiger partial charge in [0.05, 0.1) is 0 Å². The van der Waals surface area contributed by atoms with Crippen molar-refractivity contribution >= 4 is 17.4 Å². The van der Waals surface area contributed by atoms with E-state index in [1.54, 1.807) is 24.3 Å². The monoisotopic (exact) mass is 251 g/mol. The second kappa shape index (κ2) is 6.51. The lowest BCUT2D eigenvalue weighted by Gasteiger charge is -2.03. The van der Waals surface area contributed by atoms with Crippen LogP contribution in [0.5, 0.6) is 0 Å². The Morgan fingerprint density at radius 2 is 1.82 bits per heavy atom. The van der Waals surface area contributed by atoms with Crippen LogP contribution in [0.1, 0.15) is 0 Å². The van der Waals surface area contributed by atoms with Gasteiger partial charge in [-0.1, -0.05) is 11.8 Å². The third-order valence-corrected chi connectivity index (χ3v) is 2.43. The van der Waals surface area contributed by atoms with E-state index in [1.807, 2.05) is 0 Å². The molecule has 0 aliphatic rings. The Morgan fingerprint density at radius 3 is 2.29 bits per heavy atom. The number of nitriles is 2. The highest BCUT2D eigenvalue weighted by molar-refractivity contribution is 7.99. The van der Waals surface area contributed by atoms with Gasteiger partial charge in [0, 0.05) is 16.8 Å². The van der Waals surface area contributed by atoms with Crippen molar-refractivity contribution in [1.82, 2.24) is 0 Å². The van der Waals surface area contributed by atoms with Gasteiger partial charge in [-0.3, -0.25) is 0 Å². The van der Waals surface area contributed by atoms with Crippen LogP contribution in [0.2, 0.25) is 0 Å². The molecule has 0 bridgehead atoms. The zero-order valence-electron chi connectivity index (χ0n) is 8.52. The molecule has 86 valence electrons. The van der Waals surface area contributed by atoms with Gasteiger partial charge in [0.2, 0.25) is 0 Å². The zero-order valence-corrected chi connectivity index (χ0v) is 9.34. The first kappa shape index (κ1) is 13.0. The van der Waals surface area contributed by atoms with Gasteiger partial charge in [-0.15, -0.1) is 0 Å². The largest absolute Gasteiger partial charge is 0.360 e. The Morgan fingerprint density at radius 1 is 1.24 bits per heavy atom. The number of rotatable bonds is 4. The topological polar surface area (TPSA) is 59.6 Å². The summed E-state index contributed by atoms with van der Waals surface area (Å²) in [5.74, 6) is -2.45. The Hall–Kier alpha value is -2.05. The molecule has 0 spiro atoms. The molecule has 0 heterocycles. The van der Waals surface area contributed by atoms with E-state index < -0.39 is 5.76 Å². The molecular formula is C11H7F2N3S. The van der Waals surface area contributed by atoms with E-state index >= 15 is 0 Å². The molecule has 0 unspecified atom stereocenters. The molecule has 1 aromatic carbocycles. The molecule has 3 nitrogen and oxygen atoms in total. The van der Waals surface area contributed by atoms with Crippen LogP contribution in [0.25, 0.3) is 0 Å². The minimum Gasteiger partial charge on any atom is -0.360 e. The maximum atomic E-state index is 12.0. The van der Waals surface area contributed by atoms with Gasteiger partial charge < -0.3 is 5.32 Å². The fraction of sp³-hybridized carbons (Fsp3) is 0.0909. The van der Waals surface area contributed by atoms with Gasteiger partial charge in [-0.25, -0.2) is 0 Å². The molecule has 0 saturated carbocycles. The van der Waals surface area contributed by atoms with Crippen molar-refractivity contribution in [1.29, 1.82) is 10.5 Å². The first-order valence-electron chi connectivity index (χ1n) is 4.47. The Balaban J connectivity index is 2.67. The van der Waals surface area contributed by atoms with E-state index in [9.17, 15) is 8.78 Å². The van der Waals surface area contributed by atoms with E-state index in [0.29, 0.717) is 22.3 Å². The number of nitrogens with one attached hydrogen (secondary N) is 1. The van der Waals surface area contributed by atoms with Crippen LogP contribution < -0.4 is 5.32 Å². The average Bonchev–Trinajstić information content (AvgIpc) is 2.32. The first-order chi connectivity index (χ1) is 8.15. The molecule has 0 radical (unpaired) electrons. The second-order valence-corrected chi connectivity index (χ2v) is 3.89. The summed E-state index contributed by atoms with van der Waals surface area (Å²) in [5, 5.41) is 19.7. The zero-order chi connectivity index (χ0) is 12.7. The average molecular weight is 251 g/mol. The number of hydrogen-bond donors (Lipinski definition) is 1. The van der Waals surface area contributed by atoms with Crippen molar-refractivity contribution in [3.63, 3.8) is 0 Å². The summed E-state index contributed by atoms with van der Waals surface area (Å²) in [6, 6.07) is 9.64. The number of thioether (sulfide) groups is 1. The highest BCUT2D eigenvalue weighted by Crippen LogP contribution is 2.26. The number of benzene rings is 1. The van der Waals surface area contributed by atoms with E-state index in [0.717, 1.165) is 0 Å². The number of halogens is 2. The Bertz CT molecular complexity index is 467. The number of nitrogens with zero attached hydrogens (tertiary/aromatic N) is 2. The van der Waals surface area contributed by atoms with Crippen LogP contribution in [0, 0.1) is 22.7 Å². The van der Waals surface area contributed by atoms with E-state index in [4.69, 9.17) is 10.5 Å². The molecule has 0 aliphatic carbocycles. The summed E-state index contributed by atoms with van der Waals surface area (Å²) in [5.41, 5.74) is 0.558. The van der Waals surface area contributed by atoms with Gasteiger partial charge in [-0.05, 0) is 24.3 Å². The highest BCUT2D eigenvalue weighted by atomic mass is 32.2. The van der Waals surface area contributed by atoms with Gasteiger partial charge in [0.25, 0.3) is 5.76 Å². The maximum Gasteiger partial charge on any atom is 0.288 e. The summed E-state index contributed by atoms with van der Waals surface area (Å²) in [7, 11) is 0. The third-order valence-electron chi connectivity index (χ3n) is 1.70. The van der Waals surface area contributed by atoms with E-state index in [-0.39, 0.29) is 5.57 Å². The van der Waals surface area contributed by atoms with Crippen molar-refractivity contribution in [3.05, 3.63) is 36.0 Å². The lowest BCUT2D eigenvalue weighted by molar-refractivity contribution is 0.252. The minimum atomic E-state index is -2.45. The van der Waals surface area contributed by atoms with Gasteiger partial charge >= 0.3 is 0 Å². The van der Waals surface area contributed by atoms with Gasteiger partial charge in [-0.2, -0.15) is 19.3 Å². The summed E-state index contributed by atoms with van der Waals surface area (Å²) in [4.78, 5) is 0.454. The van der Waals surface area contributed by atoms with Crippen molar-refractivity contribution in [2.75, 3.05) is 5.32 Å². The van der Waals surface area contributed by atoms with E-state index in [1.165, 1.54) is 18.3 Å². The predicted molar refractivity (Wildman–Crippen MR) is 61.2 cm³/mol. The predicted octanol–water partition coefficient (Wildman–Crippen LogP) is 3.34. The fourth-order valence-electron chi connectivity index (χ4n) is 0.978. The molecular weight excluding hydrogens is 244 g/mol. The van der Waals surface area contributed by atoms with Crippen LogP contribution >= 0.6 is 11.8 Å². The lowest BCUT2D eigenvalue weighted by Crippen LogP contribution is -1.89. The van der Waals surface area contributed by atoms with Crippen LogP contribution in [0.3, 0.4) is 0 Å². The van der Waals surface area contributed by atoms with Gasteiger partial charge in [0.1, 0.15) is 17.7 Å². The van der Waals surface area contributed by atoms with Crippen molar-refractivity contribution in [2.45, 2.75) is 10.7 Å². The molecule has 0 fully saturated rings. The van der Waals surface area contributed by atoms with Crippen LogP contribution in [-0.4, -0.2) is 5.76 Å². The maximum absolute atomic E-state index is 12.0. The second-order valence-electron chi connectivity index (χ2n) is 2.83. The standard InChI is InChI=1S/C11H7F2N3S/c12-11(13)17-10-3-1-9(2-4-10)16-7-8(5-14)6-15/h1-4,7,11,16H. The number of allylic oxidation sites excluding steroid dienone is 1. The normalized spacial score (nSPS) is 9.24. The summed E-state index contributed by atoms with van der Waals surface area (Å²) >= 11 is 0.459. The van der Waals surface area contributed by atoms with Crippen molar-refractivity contribution in [2.24, 2.45) is 0 Å². The molecule has 0 saturated heterocycles. The summed E-state index contributed by atoms with van der Waals surface area (Å²) in [6.07, 6.45) is 1.26. The van der Waals surface area contributed by atoms with Crippen LogP contribution in [0.4, 0.5) is 14.5 Å². The first-order valence-corrected chi connectivity index (χ1v) is 5.35. The molecule has 0 aliphatic heterocycles. The summed E-state index contributed by atoms with van der Waals surface area (Å²) in [6.45, 7) is 0. The smallest absolute Gasteiger partial charge is 0.288 e. The van der Waals surface area contributed by atoms with Gasteiger partial charge in [0.15, 0.2) is 0 Å².